The minimum atomic E-state index is 0. The van der Waals surface area contributed by atoms with Crippen molar-refractivity contribution in [2.75, 3.05) is 19.9 Å². The standard InChI is InChI=1S/C19H26N6O2.HI/c1-2-20-19(22-12-18-24-23-17-5-3-4-10-25(17)18)21-9-8-14-6-7-15-16(11-14)27-13-26-15;/h6-7,11H,2-5,8-10,12-13H2,1H3,(H2,20,21,22);1H. The van der Waals surface area contributed by atoms with E-state index in [1.807, 2.05) is 12.1 Å². The van der Waals surface area contributed by atoms with E-state index in [-0.39, 0.29) is 24.0 Å². The van der Waals surface area contributed by atoms with Crippen LogP contribution in [0.4, 0.5) is 0 Å². The third-order valence-corrected chi connectivity index (χ3v) is 4.80. The van der Waals surface area contributed by atoms with Crippen molar-refractivity contribution in [3.63, 3.8) is 0 Å². The van der Waals surface area contributed by atoms with Crippen LogP contribution in [0.3, 0.4) is 0 Å². The summed E-state index contributed by atoms with van der Waals surface area (Å²) in [7, 11) is 0. The van der Waals surface area contributed by atoms with E-state index in [9.17, 15) is 0 Å². The number of guanidine groups is 1. The van der Waals surface area contributed by atoms with Gasteiger partial charge in [-0.05, 0) is 43.9 Å². The van der Waals surface area contributed by atoms with Gasteiger partial charge in [0.15, 0.2) is 23.3 Å². The highest BCUT2D eigenvalue weighted by Gasteiger charge is 2.15. The quantitative estimate of drug-likeness (QED) is 0.361. The summed E-state index contributed by atoms with van der Waals surface area (Å²) < 4.78 is 13.0. The lowest BCUT2D eigenvalue weighted by Gasteiger charge is -2.14. The number of hydrogen-bond acceptors (Lipinski definition) is 5. The highest BCUT2D eigenvalue weighted by atomic mass is 127. The van der Waals surface area contributed by atoms with Gasteiger partial charge in [-0.15, -0.1) is 34.2 Å². The monoisotopic (exact) mass is 498 g/mol. The topological polar surface area (TPSA) is 85.6 Å². The Kier molecular flexibility index (Phi) is 7.35. The minimum Gasteiger partial charge on any atom is -0.454 e. The van der Waals surface area contributed by atoms with E-state index in [0.29, 0.717) is 13.3 Å². The van der Waals surface area contributed by atoms with Crippen LogP contribution in [0.1, 0.15) is 37.0 Å². The predicted molar refractivity (Wildman–Crippen MR) is 117 cm³/mol. The number of halogens is 1. The number of ether oxygens (including phenoxy) is 2. The summed E-state index contributed by atoms with van der Waals surface area (Å²) >= 11 is 0. The summed E-state index contributed by atoms with van der Waals surface area (Å²) in [5, 5.41) is 15.3. The van der Waals surface area contributed by atoms with Gasteiger partial charge in [0.05, 0.1) is 0 Å². The molecule has 152 valence electrons. The fraction of sp³-hybridized carbons (Fsp3) is 0.526. The second-order valence-electron chi connectivity index (χ2n) is 6.70. The summed E-state index contributed by atoms with van der Waals surface area (Å²) in [5.41, 5.74) is 1.20. The zero-order valence-electron chi connectivity index (χ0n) is 16.1. The summed E-state index contributed by atoms with van der Waals surface area (Å²) in [4.78, 5) is 4.68. The number of nitrogens with one attached hydrogen (secondary N) is 2. The van der Waals surface area contributed by atoms with Crippen LogP contribution in [0.5, 0.6) is 11.5 Å². The summed E-state index contributed by atoms with van der Waals surface area (Å²) in [5.74, 6) is 4.47. The van der Waals surface area contributed by atoms with Gasteiger partial charge in [0, 0.05) is 26.1 Å². The Morgan fingerprint density at radius 3 is 2.96 bits per heavy atom. The van der Waals surface area contributed by atoms with Crippen LogP contribution in [-0.2, 0) is 25.9 Å². The molecule has 0 saturated heterocycles. The molecule has 9 heteroatoms. The first-order valence-corrected chi connectivity index (χ1v) is 9.65. The molecule has 2 N–H and O–H groups in total. The largest absolute Gasteiger partial charge is 0.454 e. The van der Waals surface area contributed by atoms with Gasteiger partial charge >= 0.3 is 0 Å². The molecule has 1 aromatic carbocycles. The van der Waals surface area contributed by atoms with Crippen molar-refractivity contribution in [2.24, 2.45) is 4.99 Å². The molecular formula is C19H27IN6O2. The summed E-state index contributed by atoms with van der Waals surface area (Å²) in [6.45, 7) is 5.50. The third kappa shape index (κ3) is 4.86. The molecule has 8 nitrogen and oxygen atoms in total. The van der Waals surface area contributed by atoms with Gasteiger partial charge in [-0.3, -0.25) is 0 Å². The molecule has 1 aromatic heterocycles. The molecule has 28 heavy (non-hydrogen) atoms. The number of rotatable bonds is 6. The molecule has 4 rings (SSSR count). The maximum atomic E-state index is 5.44. The first-order valence-electron chi connectivity index (χ1n) is 9.65. The Morgan fingerprint density at radius 2 is 2.07 bits per heavy atom. The number of hydrogen-bond donors (Lipinski definition) is 2. The maximum Gasteiger partial charge on any atom is 0.231 e. The average molecular weight is 498 g/mol. The molecule has 2 aromatic rings. The number of nitrogens with zero attached hydrogens (tertiary/aromatic N) is 4. The number of benzene rings is 1. The molecule has 2 aliphatic heterocycles. The normalized spacial score (nSPS) is 15.0. The van der Waals surface area contributed by atoms with Gasteiger partial charge in [-0.25, -0.2) is 4.99 Å². The van der Waals surface area contributed by atoms with Gasteiger partial charge in [0.2, 0.25) is 6.79 Å². The van der Waals surface area contributed by atoms with Crippen LogP contribution in [0.2, 0.25) is 0 Å². The van der Waals surface area contributed by atoms with Gasteiger partial charge < -0.3 is 24.7 Å². The van der Waals surface area contributed by atoms with Gasteiger partial charge in [-0.2, -0.15) is 0 Å². The number of aryl methyl sites for hydroxylation is 1. The van der Waals surface area contributed by atoms with E-state index in [1.165, 1.54) is 18.4 Å². The van der Waals surface area contributed by atoms with Crippen LogP contribution < -0.4 is 20.1 Å². The molecule has 2 aliphatic rings. The molecule has 0 atom stereocenters. The van der Waals surface area contributed by atoms with Crippen LogP contribution >= 0.6 is 24.0 Å². The molecule has 0 saturated carbocycles. The lowest BCUT2D eigenvalue weighted by molar-refractivity contribution is 0.174. The fourth-order valence-corrected chi connectivity index (χ4v) is 3.40. The summed E-state index contributed by atoms with van der Waals surface area (Å²) in [6.07, 6.45) is 4.28. The lowest BCUT2D eigenvalue weighted by Crippen LogP contribution is -2.38. The molecule has 0 aliphatic carbocycles. The van der Waals surface area contributed by atoms with E-state index in [1.54, 1.807) is 0 Å². The molecule has 3 heterocycles. The maximum absolute atomic E-state index is 5.44. The van der Waals surface area contributed by atoms with Crippen molar-refractivity contribution >= 4 is 29.9 Å². The molecular weight excluding hydrogens is 471 g/mol. The number of aliphatic imine (C=N–C) groups is 1. The van der Waals surface area contributed by atoms with Gasteiger partial charge in [0.25, 0.3) is 0 Å². The van der Waals surface area contributed by atoms with Crippen molar-refractivity contribution in [3.8, 4) is 11.5 Å². The SMILES string of the molecule is CCNC(=NCc1nnc2n1CCCC2)NCCc1ccc2c(c1)OCO2.I. The smallest absolute Gasteiger partial charge is 0.231 e. The molecule has 0 amide bonds. The molecule has 0 unspecified atom stereocenters. The van der Waals surface area contributed by atoms with Crippen molar-refractivity contribution in [3.05, 3.63) is 35.4 Å². The van der Waals surface area contributed by atoms with Crippen LogP contribution in [0.25, 0.3) is 0 Å². The molecule has 0 radical (unpaired) electrons. The zero-order chi connectivity index (χ0) is 18.5. The highest BCUT2D eigenvalue weighted by molar-refractivity contribution is 14.0. The third-order valence-electron chi connectivity index (χ3n) is 4.80. The Hall–Kier alpha value is -2.04. The molecule has 0 bridgehead atoms. The zero-order valence-corrected chi connectivity index (χ0v) is 18.4. The van der Waals surface area contributed by atoms with E-state index >= 15 is 0 Å². The van der Waals surface area contributed by atoms with Crippen molar-refractivity contribution in [1.29, 1.82) is 0 Å². The summed E-state index contributed by atoms with van der Waals surface area (Å²) in [6, 6.07) is 6.07. The first-order chi connectivity index (χ1) is 13.3. The first kappa shape index (κ1) is 20.7. The Balaban J connectivity index is 0.00000225. The molecule has 0 fully saturated rings. The fourth-order valence-electron chi connectivity index (χ4n) is 3.40. The Labute approximate surface area is 182 Å². The van der Waals surface area contributed by atoms with Gasteiger partial charge in [0.1, 0.15) is 12.4 Å². The van der Waals surface area contributed by atoms with Crippen LogP contribution in [0.15, 0.2) is 23.2 Å². The van der Waals surface area contributed by atoms with Crippen LogP contribution in [-0.4, -0.2) is 40.6 Å². The van der Waals surface area contributed by atoms with Crippen molar-refractivity contribution in [2.45, 2.75) is 45.7 Å². The predicted octanol–water partition coefficient (Wildman–Crippen LogP) is 2.26. The minimum absolute atomic E-state index is 0. The lowest BCUT2D eigenvalue weighted by atomic mass is 10.1. The van der Waals surface area contributed by atoms with E-state index < -0.39 is 0 Å². The second kappa shape index (κ2) is 9.94. The number of fused-ring (bicyclic) bond motifs is 2. The Morgan fingerprint density at radius 1 is 1.18 bits per heavy atom. The van der Waals surface area contributed by atoms with E-state index in [0.717, 1.165) is 61.6 Å². The van der Waals surface area contributed by atoms with E-state index in [4.69, 9.17) is 9.47 Å². The highest BCUT2D eigenvalue weighted by Crippen LogP contribution is 2.32. The average Bonchev–Trinajstić information content (AvgIpc) is 3.32. The second-order valence-corrected chi connectivity index (χ2v) is 6.70. The Bertz CT molecular complexity index is 823. The number of aromatic nitrogens is 3. The van der Waals surface area contributed by atoms with Crippen LogP contribution in [0, 0.1) is 0 Å². The van der Waals surface area contributed by atoms with E-state index in [2.05, 4.69) is 43.4 Å². The van der Waals surface area contributed by atoms with Crippen molar-refractivity contribution in [1.82, 2.24) is 25.4 Å². The van der Waals surface area contributed by atoms with Gasteiger partial charge in [-0.1, -0.05) is 6.07 Å². The van der Waals surface area contributed by atoms with Crippen molar-refractivity contribution < 1.29 is 9.47 Å². The molecule has 0 spiro atoms.